The Kier molecular flexibility index (Phi) is 3.56. The van der Waals surface area contributed by atoms with Crippen LogP contribution < -0.4 is 5.32 Å². The van der Waals surface area contributed by atoms with Crippen molar-refractivity contribution in [3.63, 3.8) is 0 Å². The van der Waals surface area contributed by atoms with Crippen molar-refractivity contribution in [3.05, 3.63) is 59.8 Å². The molecule has 104 valence electrons. The molecule has 2 aliphatic rings. The smallest absolute Gasteiger partial charge is 0.227 e. The fourth-order valence-electron chi connectivity index (χ4n) is 2.60. The highest BCUT2D eigenvalue weighted by atomic mass is 16.3. The number of hydrogen-bond donors (Lipinski definition) is 2. The van der Waals surface area contributed by atoms with Crippen molar-refractivity contribution in [2.24, 2.45) is 0 Å². The van der Waals surface area contributed by atoms with Gasteiger partial charge in [0.2, 0.25) is 5.91 Å². The Hall–Kier alpha value is -2.07. The van der Waals surface area contributed by atoms with Gasteiger partial charge in [0.25, 0.3) is 0 Å². The van der Waals surface area contributed by atoms with Crippen LogP contribution in [-0.2, 0) is 11.2 Å². The van der Waals surface area contributed by atoms with Gasteiger partial charge in [-0.05, 0) is 23.6 Å². The minimum Gasteiger partial charge on any atom is -0.370 e. The van der Waals surface area contributed by atoms with Crippen LogP contribution in [0.2, 0.25) is 0 Å². The first-order chi connectivity index (χ1) is 9.74. The van der Waals surface area contributed by atoms with Crippen molar-refractivity contribution < 1.29 is 9.90 Å². The third kappa shape index (κ3) is 2.60. The maximum absolute atomic E-state index is 12.3. The average molecular weight is 270 g/mol. The van der Waals surface area contributed by atoms with Gasteiger partial charge >= 0.3 is 0 Å². The fourth-order valence-corrected chi connectivity index (χ4v) is 2.60. The summed E-state index contributed by atoms with van der Waals surface area (Å²) in [5, 5.41) is 12.2. The molecule has 4 heteroatoms. The number of carbonyl (C=O) groups excluding carboxylic acids is 1. The molecule has 2 unspecified atom stereocenters. The second-order valence-electron chi connectivity index (χ2n) is 5.17. The summed E-state index contributed by atoms with van der Waals surface area (Å²) in [5.41, 5.74) is 2.10. The van der Waals surface area contributed by atoms with Gasteiger partial charge in [0.15, 0.2) is 0 Å². The van der Waals surface area contributed by atoms with E-state index in [1.54, 1.807) is 12.3 Å². The Balaban J connectivity index is 1.63. The zero-order chi connectivity index (χ0) is 13.9. The van der Waals surface area contributed by atoms with Crippen LogP contribution in [0.3, 0.4) is 0 Å². The Morgan fingerprint density at radius 1 is 1.35 bits per heavy atom. The maximum atomic E-state index is 12.3. The van der Waals surface area contributed by atoms with E-state index in [0.717, 1.165) is 24.1 Å². The second-order valence-corrected chi connectivity index (χ2v) is 5.17. The van der Waals surface area contributed by atoms with Crippen LogP contribution >= 0.6 is 0 Å². The first-order valence-corrected chi connectivity index (χ1v) is 6.90. The molecule has 0 spiro atoms. The van der Waals surface area contributed by atoms with E-state index >= 15 is 0 Å². The highest BCUT2D eigenvalue weighted by molar-refractivity contribution is 5.80. The standard InChI is InChI=1S/C16H18N2O2/c19-15-7-6-13(11-17-15)14-8-9-18(14)16(20)10-12-4-2-1-3-5-12/h1-7,11,14-15,17,19H,8-10H2. The van der Waals surface area contributed by atoms with Crippen molar-refractivity contribution in [3.8, 4) is 0 Å². The summed E-state index contributed by atoms with van der Waals surface area (Å²) < 4.78 is 0. The molecule has 2 atom stereocenters. The summed E-state index contributed by atoms with van der Waals surface area (Å²) in [4.78, 5) is 14.2. The number of benzene rings is 1. The van der Waals surface area contributed by atoms with Gasteiger partial charge in [-0.15, -0.1) is 0 Å². The van der Waals surface area contributed by atoms with Crippen LogP contribution in [0.4, 0.5) is 0 Å². The van der Waals surface area contributed by atoms with E-state index in [0.29, 0.717) is 6.42 Å². The topological polar surface area (TPSA) is 52.6 Å². The van der Waals surface area contributed by atoms with Gasteiger partial charge in [-0.3, -0.25) is 4.79 Å². The van der Waals surface area contributed by atoms with Crippen LogP contribution in [0.25, 0.3) is 0 Å². The lowest BCUT2D eigenvalue weighted by Gasteiger charge is -2.42. The van der Waals surface area contributed by atoms with E-state index in [4.69, 9.17) is 0 Å². The number of carbonyl (C=O) groups is 1. The molecule has 3 rings (SSSR count). The molecule has 1 fully saturated rings. The summed E-state index contributed by atoms with van der Waals surface area (Å²) in [6.07, 6.45) is 6.21. The summed E-state index contributed by atoms with van der Waals surface area (Å²) in [5.74, 6) is 0.160. The number of nitrogens with zero attached hydrogens (tertiary/aromatic N) is 1. The third-order valence-electron chi connectivity index (χ3n) is 3.81. The predicted molar refractivity (Wildman–Crippen MR) is 76.6 cm³/mol. The fraction of sp³-hybridized carbons (Fsp3) is 0.312. The van der Waals surface area contributed by atoms with E-state index in [1.165, 1.54) is 0 Å². The van der Waals surface area contributed by atoms with E-state index in [-0.39, 0.29) is 11.9 Å². The van der Waals surface area contributed by atoms with E-state index < -0.39 is 6.23 Å². The van der Waals surface area contributed by atoms with Gasteiger partial charge in [-0.25, -0.2) is 0 Å². The molecule has 0 aliphatic carbocycles. The van der Waals surface area contributed by atoms with E-state index in [2.05, 4.69) is 5.32 Å². The molecular weight excluding hydrogens is 252 g/mol. The lowest BCUT2D eigenvalue weighted by Crippen LogP contribution is -2.53. The van der Waals surface area contributed by atoms with Crippen molar-refractivity contribution in [2.45, 2.75) is 25.1 Å². The Bertz CT molecular complexity index is 551. The largest absolute Gasteiger partial charge is 0.370 e. The molecule has 2 heterocycles. The molecular formula is C16H18N2O2. The van der Waals surface area contributed by atoms with Gasteiger partial charge in [0.1, 0.15) is 6.23 Å². The molecule has 0 bridgehead atoms. The first-order valence-electron chi connectivity index (χ1n) is 6.90. The number of aliphatic hydroxyl groups is 1. The summed E-state index contributed by atoms with van der Waals surface area (Å²) in [7, 11) is 0. The number of aliphatic hydroxyl groups excluding tert-OH is 1. The average Bonchev–Trinajstić information content (AvgIpc) is 2.41. The summed E-state index contributed by atoms with van der Waals surface area (Å²) in [6.45, 7) is 0.810. The molecule has 0 aromatic heterocycles. The second kappa shape index (κ2) is 5.51. The minimum absolute atomic E-state index is 0.141. The van der Waals surface area contributed by atoms with Crippen LogP contribution in [0.1, 0.15) is 12.0 Å². The number of dihydropyridines is 1. The van der Waals surface area contributed by atoms with Crippen LogP contribution in [0.5, 0.6) is 0 Å². The molecule has 1 aromatic carbocycles. The SMILES string of the molecule is O=C(Cc1ccccc1)N1CCC1C1=CNC(O)C=C1. The minimum atomic E-state index is -0.618. The third-order valence-corrected chi connectivity index (χ3v) is 3.81. The number of rotatable bonds is 3. The highest BCUT2D eigenvalue weighted by Crippen LogP contribution is 2.27. The summed E-state index contributed by atoms with van der Waals surface area (Å²) in [6, 6.07) is 9.95. The molecule has 0 radical (unpaired) electrons. The summed E-state index contributed by atoms with van der Waals surface area (Å²) >= 11 is 0. The lowest BCUT2D eigenvalue weighted by molar-refractivity contribution is -0.136. The van der Waals surface area contributed by atoms with Crippen LogP contribution in [0.15, 0.2) is 54.3 Å². The monoisotopic (exact) mass is 270 g/mol. The highest BCUT2D eigenvalue weighted by Gasteiger charge is 2.34. The van der Waals surface area contributed by atoms with Crippen LogP contribution in [-0.4, -0.2) is 34.7 Å². The molecule has 2 aliphatic heterocycles. The van der Waals surface area contributed by atoms with Crippen molar-refractivity contribution in [1.82, 2.24) is 10.2 Å². The van der Waals surface area contributed by atoms with E-state index in [1.807, 2.05) is 41.3 Å². The zero-order valence-corrected chi connectivity index (χ0v) is 11.2. The molecule has 0 saturated carbocycles. The number of hydrogen-bond acceptors (Lipinski definition) is 3. The van der Waals surface area contributed by atoms with Gasteiger partial charge < -0.3 is 15.3 Å². The van der Waals surface area contributed by atoms with Gasteiger partial charge in [-0.2, -0.15) is 0 Å². The lowest BCUT2D eigenvalue weighted by atomic mass is 9.93. The van der Waals surface area contributed by atoms with E-state index in [9.17, 15) is 9.90 Å². The number of amides is 1. The van der Waals surface area contributed by atoms with Gasteiger partial charge in [0.05, 0.1) is 12.5 Å². The predicted octanol–water partition coefficient (Wildman–Crippen LogP) is 1.19. The zero-order valence-electron chi connectivity index (χ0n) is 11.2. The molecule has 1 saturated heterocycles. The van der Waals surface area contributed by atoms with Gasteiger partial charge in [-0.1, -0.05) is 36.4 Å². The molecule has 4 nitrogen and oxygen atoms in total. The Morgan fingerprint density at radius 3 is 2.75 bits per heavy atom. The van der Waals surface area contributed by atoms with Crippen molar-refractivity contribution in [1.29, 1.82) is 0 Å². The Labute approximate surface area is 118 Å². The normalized spacial score (nSPS) is 24.6. The van der Waals surface area contributed by atoms with Crippen molar-refractivity contribution >= 4 is 5.91 Å². The molecule has 2 N–H and O–H groups in total. The Morgan fingerprint density at radius 2 is 2.15 bits per heavy atom. The van der Waals surface area contributed by atoms with Gasteiger partial charge in [0, 0.05) is 12.7 Å². The molecule has 1 amide bonds. The number of likely N-dealkylation sites (tertiary alicyclic amines) is 1. The quantitative estimate of drug-likeness (QED) is 0.867. The first kappa shape index (κ1) is 12.9. The van der Waals surface area contributed by atoms with Crippen molar-refractivity contribution in [2.75, 3.05) is 6.54 Å². The number of nitrogens with one attached hydrogen (secondary N) is 1. The molecule has 20 heavy (non-hydrogen) atoms. The maximum Gasteiger partial charge on any atom is 0.227 e. The van der Waals surface area contributed by atoms with Crippen LogP contribution in [0, 0.1) is 0 Å². The molecule has 1 aromatic rings.